The Kier molecular flexibility index (Phi) is 5.42. The zero-order chi connectivity index (χ0) is 16.2. The quantitative estimate of drug-likeness (QED) is 0.885. The summed E-state index contributed by atoms with van der Waals surface area (Å²) in [5.41, 5.74) is -0.569. The summed E-state index contributed by atoms with van der Waals surface area (Å²) < 4.78 is 5.39. The number of carbonyl (C=O) groups excluding carboxylic acids is 2. The largest absolute Gasteiger partial charge is 0.444 e. The maximum absolute atomic E-state index is 12.4. The summed E-state index contributed by atoms with van der Waals surface area (Å²) in [6.45, 7) is 7.50. The lowest BCUT2D eigenvalue weighted by Gasteiger charge is -2.36. The smallest absolute Gasteiger partial charge is 0.411 e. The van der Waals surface area contributed by atoms with Crippen LogP contribution >= 0.6 is 11.3 Å². The first-order valence-corrected chi connectivity index (χ1v) is 8.25. The van der Waals surface area contributed by atoms with E-state index in [1.165, 1.54) is 4.90 Å². The third-order valence-corrected chi connectivity index (χ3v) is 4.07. The molecule has 1 saturated heterocycles. The minimum Gasteiger partial charge on any atom is -0.444 e. The molecule has 0 bridgehead atoms. The molecule has 0 aliphatic carbocycles. The van der Waals surface area contributed by atoms with Crippen molar-refractivity contribution >= 4 is 23.3 Å². The van der Waals surface area contributed by atoms with Crippen LogP contribution in [-0.4, -0.2) is 48.2 Å². The van der Waals surface area contributed by atoms with Gasteiger partial charge in [-0.05, 0) is 32.2 Å². The van der Waals surface area contributed by atoms with Crippen molar-refractivity contribution in [2.24, 2.45) is 0 Å². The molecule has 1 fully saturated rings. The second-order valence-corrected chi connectivity index (χ2v) is 7.22. The van der Waals surface area contributed by atoms with E-state index < -0.39 is 17.7 Å². The van der Waals surface area contributed by atoms with Crippen LogP contribution in [0.25, 0.3) is 0 Å². The Morgan fingerprint density at radius 3 is 2.91 bits per heavy atom. The fourth-order valence-corrected chi connectivity index (χ4v) is 2.83. The molecule has 1 aliphatic heterocycles. The summed E-state index contributed by atoms with van der Waals surface area (Å²) in [6, 6.07) is 3.38. The summed E-state index contributed by atoms with van der Waals surface area (Å²) in [7, 11) is 0. The van der Waals surface area contributed by atoms with E-state index in [-0.39, 0.29) is 5.91 Å². The van der Waals surface area contributed by atoms with Crippen LogP contribution in [-0.2, 0) is 16.1 Å². The van der Waals surface area contributed by atoms with Gasteiger partial charge < -0.3 is 15.4 Å². The van der Waals surface area contributed by atoms with Crippen LogP contribution in [0, 0.1) is 0 Å². The van der Waals surface area contributed by atoms with Crippen molar-refractivity contribution in [1.82, 2.24) is 15.5 Å². The maximum Gasteiger partial charge on any atom is 0.411 e. The molecule has 0 spiro atoms. The molecular formula is C15H23N3O3S. The Morgan fingerprint density at radius 1 is 1.50 bits per heavy atom. The monoisotopic (exact) mass is 325 g/mol. The Labute approximate surface area is 134 Å². The number of rotatable bonds is 3. The van der Waals surface area contributed by atoms with Crippen LogP contribution in [0.1, 0.15) is 25.6 Å². The fourth-order valence-electron chi connectivity index (χ4n) is 2.18. The highest BCUT2D eigenvalue weighted by atomic mass is 32.1. The lowest BCUT2D eigenvalue weighted by Crippen LogP contribution is -2.60. The van der Waals surface area contributed by atoms with Gasteiger partial charge >= 0.3 is 6.09 Å². The van der Waals surface area contributed by atoms with Crippen LogP contribution in [0.5, 0.6) is 0 Å². The Bertz CT molecular complexity index is 511. The average molecular weight is 325 g/mol. The normalized spacial score (nSPS) is 18.9. The number of ether oxygens (including phenoxy) is 1. The first-order valence-electron chi connectivity index (χ1n) is 7.37. The maximum atomic E-state index is 12.4. The topological polar surface area (TPSA) is 70.7 Å². The Hall–Kier alpha value is -1.60. The Morgan fingerprint density at radius 2 is 2.27 bits per heavy atom. The van der Waals surface area contributed by atoms with Gasteiger partial charge in [-0.15, -0.1) is 11.3 Å². The number of carbonyl (C=O) groups is 2. The van der Waals surface area contributed by atoms with Gasteiger partial charge in [0.25, 0.3) is 0 Å². The highest BCUT2D eigenvalue weighted by Gasteiger charge is 2.34. The molecule has 2 N–H and O–H groups in total. The van der Waals surface area contributed by atoms with Crippen molar-refractivity contribution in [3.63, 3.8) is 0 Å². The van der Waals surface area contributed by atoms with Gasteiger partial charge in [-0.2, -0.15) is 0 Å². The van der Waals surface area contributed by atoms with Crippen LogP contribution in [0.4, 0.5) is 4.79 Å². The summed E-state index contributed by atoms with van der Waals surface area (Å²) in [5, 5.41) is 8.00. The van der Waals surface area contributed by atoms with Gasteiger partial charge in [0.1, 0.15) is 11.6 Å². The summed E-state index contributed by atoms with van der Waals surface area (Å²) in [5.74, 6) is -0.161. The van der Waals surface area contributed by atoms with Gasteiger partial charge in [0, 0.05) is 24.5 Å². The summed E-state index contributed by atoms with van der Waals surface area (Å²) in [6.07, 6.45) is -0.440. The van der Waals surface area contributed by atoms with Crippen LogP contribution in [0.2, 0.25) is 0 Å². The van der Waals surface area contributed by atoms with E-state index in [0.29, 0.717) is 26.2 Å². The lowest BCUT2D eigenvalue weighted by molar-refractivity contribution is -0.127. The van der Waals surface area contributed by atoms with Crippen LogP contribution in [0.15, 0.2) is 17.5 Å². The van der Waals surface area contributed by atoms with Gasteiger partial charge in [-0.25, -0.2) is 4.79 Å². The third-order valence-electron chi connectivity index (χ3n) is 3.19. The van der Waals surface area contributed by atoms with Gasteiger partial charge in [0.2, 0.25) is 5.91 Å². The molecule has 1 aromatic heterocycles. The molecule has 2 heterocycles. The number of hydrogen-bond acceptors (Lipinski definition) is 5. The van der Waals surface area contributed by atoms with Gasteiger partial charge in [-0.3, -0.25) is 9.69 Å². The minimum atomic E-state index is -0.569. The standard InChI is InChI=1S/C15H23N3O3S/c1-15(2,3)21-14(20)18-7-6-16-10-12(18)13(19)17-9-11-5-4-8-22-11/h4-5,8,12,16H,6-7,9-10H2,1-3H3,(H,17,19). The average Bonchev–Trinajstić information content (AvgIpc) is 2.96. The highest BCUT2D eigenvalue weighted by molar-refractivity contribution is 7.09. The fraction of sp³-hybridized carbons (Fsp3) is 0.600. The number of nitrogens with zero attached hydrogens (tertiary/aromatic N) is 1. The molecule has 122 valence electrons. The molecule has 0 aromatic carbocycles. The van der Waals surface area contributed by atoms with Crippen molar-refractivity contribution in [2.45, 2.75) is 39.0 Å². The van der Waals surface area contributed by atoms with E-state index in [0.717, 1.165) is 4.88 Å². The minimum absolute atomic E-state index is 0.161. The highest BCUT2D eigenvalue weighted by Crippen LogP contribution is 2.14. The first-order chi connectivity index (χ1) is 10.4. The molecule has 0 saturated carbocycles. The van der Waals surface area contributed by atoms with Crippen molar-refractivity contribution in [2.75, 3.05) is 19.6 Å². The third kappa shape index (κ3) is 4.71. The van der Waals surface area contributed by atoms with Crippen molar-refractivity contribution in [3.8, 4) is 0 Å². The van der Waals surface area contributed by atoms with Gasteiger partial charge in [-0.1, -0.05) is 6.07 Å². The van der Waals surface area contributed by atoms with E-state index in [1.807, 2.05) is 38.3 Å². The number of hydrogen-bond donors (Lipinski definition) is 2. The molecule has 22 heavy (non-hydrogen) atoms. The molecule has 2 rings (SSSR count). The molecule has 2 amide bonds. The number of nitrogens with one attached hydrogen (secondary N) is 2. The zero-order valence-corrected chi connectivity index (χ0v) is 14.0. The van der Waals surface area contributed by atoms with E-state index in [2.05, 4.69) is 10.6 Å². The van der Waals surface area contributed by atoms with Crippen LogP contribution < -0.4 is 10.6 Å². The van der Waals surface area contributed by atoms with Gasteiger partial charge in [0.15, 0.2) is 0 Å². The molecule has 1 unspecified atom stereocenters. The van der Waals surface area contributed by atoms with E-state index in [4.69, 9.17) is 4.74 Å². The number of amides is 2. The molecular weight excluding hydrogens is 302 g/mol. The van der Waals surface area contributed by atoms with Gasteiger partial charge in [0.05, 0.1) is 6.54 Å². The second kappa shape index (κ2) is 7.11. The number of piperazine rings is 1. The second-order valence-electron chi connectivity index (χ2n) is 6.19. The van der Waals surface area contributed by atoms with Crippen molar-refractivity contribution < 1.29 is 14.3 Å². The predicted octanol–water partition coefficient (Wildman–Crippen LogP) is 1.57. The molecule has 6 nitrogen and oxygen atoms in total. The van der Waals surface area contributed by atoms with Crippen LogP contribution in [0.3, 0.4) is 0 Å². The van der Waals surface area contributed by atoms with Crippen molar-refractivity contribution in [3.05, 3.63) is 22.4 Å². The van der Waals surface area contributed by atoms with E-state index in [9.17, 15) is 9.59 Å². The summed E-state index contributed by atoms with van der Waals surface area (Å²) >= 11 is 1.59. The van der Waals surface area contributed by atoms with E-state index >= 15 is 0 Å². The lowest BCUT2D eigenvalue weighted by atomic mass is 10.1. The molecule has 1 aromatic rings. The first kappa shape index (κ1) is 16.8. The predicted molar refractivity (Wildman–Crippen MR) is 85.8 cm³/mol. The summed E-state index contributed by atoms with van der Waals surface area (Å²) in [4.78, 5) is 27.2. The molecule has 1 atom stereocenters. The van der Waals surface area contributed by atoms with E-state index in [1.54, 1.807) is 11.3 Å². The van der Waals surface area contributed by atoms with Crippen molar-refractivity contribution in [1.29, 1.82) is 0 Å². The molecule has 0 radical (unpaired) electrons. The number of thiophene rings is 1. The Balaban J connectivity index is 1.96. The molecule has 1 aliphatic rings. The zero-order valence-electron chi connectivity index (χ0n) is 13.2. The molecule has 7 heteroatoms. The SMILES string of the molecule is CC(C)(C)OC(=O)N1CCNCC1C(=O)NCc1cccs1.